The van der Waals surface area contributed by atoms with Crippen LogP contribution in [0, 0.1) is 19.7 Å². The van der Waals surface area contributed by atoms with Crippen molar-refractivity contribution in [1.29, 1.82) is 0 Å². The molecular formula is C15H14FNO2. The Morgan fingerprint density at radius 1 is 1.16 bits per heavy atom. The van der Waals surface area contributed by atoms with Gasteiger partial charge >= 0.3 is 5.97 Å². The molecule has 0 bridgehead atoms. The number of carbonyl (C=O) groups is 1. The van der Waals surface area contributed by atoms with Gasteiger partial charge in [0.1, 0.15) is 5.82 Å². The van der Waals surface area contributed by atoms with Crippen LogP contribution in [0.2, 0.25) is 0 Å². The molecule has 0 spiro atoms. The molecular weight excluding hydrogens is 245 g/mol. The molecule has 2 aromatic carbocycles. The maximum Gasteiger partial charge on any atom is 0.337 e. The van der Waals surface area contributed by atoms with Crippen LogP contribution in [0.1, 0.15) is 21.5 Å². The Hall–Kier alpha value is -2.36. The van der Waals surface area contributed by atoms with E-state index in [1.165, 1.54) is 6.07 Å². The minimum absolute atomic E-state index is 0.196. The van der Waals surface area contributed by atoms with Crippen molar-refractivity contribution in [1.82, 2.24) is 0 Å². The fourth-order valence-electron chi connectivity index (χ4n) is 1.82. The summed E-state index contributed by atoms with van der Waals surface area (Å²) < 4.78 is 13.2. The topological polar surface area (TPSA) is 49.3 Å². The number of hydrogen-bond donors (Lipinski definition) is 2. The molecule has 2 N–H and O–H groups in total. The van der Waals surface area contributed by atoms with Crippen LogP contribution in [0.15, 0.2) is 36.4 Å². The Morgan fingerprint density at radius 3 is 2.53 bits per heavy atom. The Kier molecular flexibility index (Phi) is 3.51. The third-order valence-corrected chi connectivity index (χ3v) is 2.84. The molecule has 0 aliphatic carbocycles. The van der Waals surface area contributed by atoms with Crippen molar-refractivity contribution >= 4 is 17.3 Å². The van der Waals surface area contributed by atoms with Gasteiger partial charge in [0.15, 0.2) is 0 Å². The smallest absolute Gasteiger partial charge is 0.337 e. The summed E-state index contributed by atoms with van der Waals surface area (Å²) >= 11 is 0. The van der Waals surface area contributed by atoms with Gasteiger partial charge in [0.25, 0.3) is 0 Å². The Morgan fingerprint density at radius 2 is 1.89 bits per heavy atom. The second-order valence-electron chi connectivity index (χ2n) is 4.44. The maximum absolute atomic E-state index is 13.2. The summed E-state index contributed by atoms with van der Waals surface area (Å²) in [6.45, 7) is 3.49. The van der Waals surface area contributed by atoms with E-state index in [2.05, 4.69) is 5.32 Å². The molecule has 4 heteroatoms. The van der Waals surface area contributed by atoms with Crippen LogP contribution < -0.4 is 5.32 Å². The molecule has 19 heavy (non-hydrogen) atoms. The first-order valence-electron chi connectivity index (χ1n) is 5.84. The van der Waals surface area contributed by atoms with Crippen LogP contribution >= 0.6 is 0 Å². The largest absolute Gasteiger partial charge is 0.478 e. The van der Waals surface area contributed by atoms with Crippen molar-refractivity contribution in [3.8, 4) is 0 Å². The lowest BCUT2D eigenvalue weighted by Crippen LogP contribution is -2.03. The van der Waals surface area contributed by atoms with E-state index in [4.69, 9.17) is 5.11 Å². The lowest BCUT2D eigenvalue weighted by atomic mass is 10.1. The molecule has 0 unspecified atom stereocenters. The van der Waals surface area contributed by atoms with E-state index in [1.807, 2.05) is 13.0 Å². The van der Waals surface area contributed by atoms with Crippen LogP contribution in [0.5, 0.6) is 0 Å². The zero-order valence-electron chi connectivity index (χ0n) is 10.7. The number of halogens is 1. The van der Waals surface area contributed by atoms with E-state index < -0.39 is 5.97 Å². The molecule has 2 rings (SSSR count). The highest BCUT2D eigenvalue weighted by Gasteiger charge is 2.10. The average Bonchev–Trinajstić information content (AvgIpc) is 2.36. The predicted octanol–water partition coefficient (Wildman–Crippen LogP) is 3.88. The molecule has 2 aromatic rings. The fraction of sp³-hybridized carbons (Fsp3) is 0.133. The highest BCUT2D eigenvalue weighted by atomic mass is 19.1. The van der Waals surface area contributed by atoms with Crippen molar-refractivity contribution in [2.45, 2.75) is 13.8 Å². The normalized spacial score (nSPS) is 10.3. The van der Waals surface area contributed by atoms with Gasteiger partial charge in [-0.05, 0) is 49.7 Å². The molecule has 0 atom stereocenters. The van der Waals surface area contributed by atoms with Crippen LogP contribution in [0.4, 0.5) is 15.8 Å². The first kappa shape index (κ1) is 13.1. The van der Waals surface area contributed by atoms with Crippen LogP contribution in [0.3, 0.4) is 0 Å². The molecule has 0 heterocycles. The summed E-state index contributed by atoms with van der Waals surface area (Å²) in [6.07, 6.45) is 0. The van der Waals surface area contributed by atoms with E-state index in [9.17, 15) is 9.18 Å². The summed E-state index contributed by atoms with van der Waals surface area (Å²) in [5.41, 5.74) is 2.73. The number of aryl methyl sites for hydroxylation is 2. The summed E-state index contributed by atoms with van der Waals surface area (Å²) in [4.78, 5) is 11.2. The molecule has 0 radical (unpaired) electrons. The molecule has 3 nitrogen and oxygen atoms in total. The van der Waals surface area contributed by atoms with Gasteiger partial charge in [-0.2, -0.15) is 0 Å². The van der Waals surface area contributed by atoms with E-state index in [-0.39, 0.29) is 11.4 Å². The zero-order valence-corrected chi connectivity index (χ0v) is 10.7. The number of aromatic carboxylic acids is 1. The molecule has 98 valence electrons. The van der Waals surface area contributed by atoms with Gasteiger partial charge in [-0.25, -0.2) is 9.18 Å². The number of benzene rings is 2. The number of hydrogen-bond acceptors (Lipinski definition) is 2. The summed E-state index contributed by atoms with van der Waals surface area (Å²) in [5.74, 6) is -1.28. The van der Waals surface area contributed by atoms with E-state index in [0.29, 0.717) is 16.9 Å². The van der Waals surface area contributed by atoms with Crippen molar-refractivity contribution < 1.29 is 14.3 Å². The lowest BCUT2D eigenvalue weighted by molar-refractivity contribution is 0.0698. The molecule has 0 aliphatic rings. The Labute approximate surface area is 110 Å². The van der Waals surface area contributed by atoms with Gasteiger partial charge in [-0.3, -0.25) is 0 Å². The predicted molar refractivity (Wildman–Crippen MR) is 72.6 cm³/mol. The fourth-order valence-corrected chi connectivity index (χ4v) is 1.82. The highest BCUT2D eigenvalue weighted by Crippen LogP contribution is 2.23. The highest BCUT2D eigenvalue weighted by molar-refractivity contribution is 5.95. The number of nitrogens with one attached hydrogen (secondary N) is 1. The summed E-state index contributed by atoms with van der Waals surface area (Å²) in [6, 6.07) is 9.70. The summed E-state index contributed by atoms with van der Waals surface area (Å²) in [7, 11) is 0. The molecule has 0 saturated carbocycles. The third-order valence-electron chi connectivity index (χ3n) is 2.84. The van der Waals surface area contributed by atoms with Gasteiger partial charge < -0.3 is 10.4 Å². The monoisotopic (exact) mass is 259 g/mol. The standard InChI is InChI=1S/C15H14FNO2/c1-9-3-6-14(12(7-9)15(18)19)17-11-4-5-13(16)10(2)8-11/h3-8,17H,1-2H3,(H,18,19). The summed E-state index contributed by atoms with van der Waals surface area (Å²) in [5, 5.41) is 12.2. The zero-order chi connectivity index (χ0) is 14.0. The molecule has 0 saturated heterocycles. The van der Waals surface area contributed by atoms with Crippen LogP contribution in [-0.4, -0.2) is 11.1 Å². The van der Waals surface area contributed by atoms with E-state index in [1.54, 1.807) is 31.2 Å². The van der Waals surface area contributed by atoms with Crippen LogP contribution in [0.25, 0.3) is 0 Å². The number of carboxylic acid groups (broad SMARTS) is 1. The second-order valence-corrected chi connectivity index (χ2v) is 4.44. The Balaban J connectivity index is 2.37. The van der Waals surface area contributed by atoms with Gasteiger partial charge in [-0.1, -0.05) is 11.6 Å². The SMILES string of the molecule is Cc1ccc(Nc2ccc(F)c(C)c2)c(C(=O)O)c1. The molecule has 0 aliphatic heterocycles. The quantitative estimate of drug-likeness (QED) is 0.879. The average molecular weight is 259 g/mol. The number of anilines is 2. The third kappa shape index (κ3) is 2.91. The minimum atomic E-state index is -0.995. The van der Waals surface area contributed by atoms with Crippen LogP contribution in [-0.2, 0) is 0 Å². The van der Waals surface area contributed by atoms with Gasteiger partial charge in [0.05, 0.1) is 11.3 Å². The maximum atomic E-state index is 13.2. The van der Waals surface area contributed by atoms with E-state index in [0.717, 1.165) is 5.56 Å². The first-order chi connectivity index (χ1) is 8.97. The van der Waals surface area contributed by atoms with Gasteiger partial charge in [0, 0.05) is 5.69 Å². The van der Waals surface area contributed by atoms with Gasteiger partial charge in [0.2, 0.25) is 0 Å². The van der Waals surface area contributed by atoms with Crippen molar-refractivity contribution in [2.24, 2.45) is 0 Å². The van der Waals surface area contributed by atoms with E-state index >= 15 is 0 Å². The lowest BCUT2D eigenvalue weighted by Gasteiger charge is -2.11. The number of rotatable bonds is 3. The minimum Gasteiger partial charge on any atom is -0.478 e. The first-order valence-corrected chi connectivity index (χ1v) is 5.84. The molecule has 0 fully saturated rings. The van der Waals surface area contributed by atoms with Crippen molar-refractivity contribution in [3.63, 3.8) is 0 Å². The second kappa shape index (κ2) is 5.10. The molecule has 0 aromatic heterocycles. The van der Waals surface area contributed by atoms with Crippen molar-refractivity contribution in [3.05, 3.63) is 58.9 Å². The Bertz CT molecular complexity index is 638. The van der Waals surface area contributed by atoms with Crippen molar-refractivity contribution in [2.75, 3.05) is 5.32 Å². The molecule has 0 amide bonds. The number of carboxylic acids is 1. The van der Waals surface area contributed by atoms with Gasteiger partial charge in [-0.15, -0.1) is 0 Å².